The van der Waals surface area contributed by atoms with Crippen LogP contribution in [0.25, 0.3) is 0 Å². The molecule has 1 aromatic rings. The molecular formula is C14H20BrN. The summed E-state index contributed by atoms with van der Waals surface area (Å²) in [5.41, 5.74) is 2.61. The summed E-state index contributed by atoms with van der Waals surface area (Å²) in [5, 5.41) is 3.72. The number of benzene rings is 1. The number of rotatable bonds is 3. The third-order valence-corrected chi connectivity index (χ3v) is 4.65. The first kappa shape index (κ1) is 12.0. The van der Waals surface area contributed by atoms with Gasteiger partial charge in [-0.1, -0.05) is 41.8 Å². The van der Waals surface area contributed by atoms with Gasteiger partial charge in [-0.15, -0.1) is 0 Å². The maximum absolute atomic E-state index is 3.72. The average Bonchev–Trinajstić information content (AvgIpc) is 2.72. The Morgan fingerprint density at radius 2 is 2.19 bits per heavy atom. The number of anilines is 1. The maximum Gasteiger partial charge on any atom is 0.0383 e. The number of halogens is 1. The molecule has 1 aliphatic carbocycles. The van der Waals surface area contributed by atoms with Gasteiger partial charge in [-0.05, 0) is 43.4 Å². The summed E-state index contributed by atoms with van der Waals surface area (Å²) in [7, 11) is 0. The largest absolute Gasteiger partial charge is 0.382 e. The zero-order chi connectivity index (χ0) is 11.5. The van der Waals surface area contributed by atoms with Gasteiger partial charge in [0.05, 0.1) is 0 Å². The van der Waals surface area contributed by atoms with E-state index in [1.807, 2.05) is 0 Å². The van der Waals surface area contributed by atoms with Crippen LogP contribution in [0.1, 0.15) is 38.2 Å². The highest BCUT2D eigenvalue weighted by molar-refractivity contribution is 9.10. The predicted octanol–water partition coefficient (Wildman–Crippen LogP) is 4.75. The highest BCUT2D eigenvalue weighted by Crippen LogP contribution is 2.32. The van der Waals surface area contributed by atoms with Crippen molar-refractivity contribution in [3.63, 3.8) is 0 Å². The Morgan fingerprint density at radius 3 is 2.94 bits per heavy atom. The van der Waals surface area contributed by atoms with Crippen LogP contribution in [0.3, 0.4) is 0 Å². The second-order valence-corrected chi connectivity index (χ2v) is 5.62. The lowest BCUT2D eigenvalue weighted by molar-refractivity contribution is 0.489. The summed E-state index contributed by atoms with van der Waals surface area (Å²) in [6.45, 7) is 4.47. The van der Waals surface area contributed by atoms with E-state index in [9.17, 15) is 0 Å². The van der Waals surface area contributed by atoms with Crippen LogP contribution < -0.4 is 5.32 Å². The van der Waals surface area contributed by atoms with Gasteiger partial charge in [-0.2, -0.15) is 0 Å². The van der Waals surface area contributed by atoms with E-state index in [1.165, 1.54) is 41.4 Å². The van der Waals surface area contributed by atoms with Crippen molar-refractivity contribution in [1.29, 1.82) is 0 Å². The highest BCUT2D eigenvalue weighted by Gasteiger charge is 2.25. The van der Waals surface area contributed by atoms with E-state index in [2.05, 4.69) is 53.3 Å². The van der Waals surface area contributed by atoms with Gasteiger partial charge in [-0.25, -0.2) is 0 Å². The molecule has 1 saturated carbocycles. The van der Waals surface area contributed by atoms with Crippen LogP contribution in [0, 0.1) is 12.8 Å². The van der Waals surface area contributed by atoms with Crippen LogP contribution in [0.2, 0.25) is 0 Å². The van der Waals surface area contributed by atoms with Crippen molar-refractivity contribution in [3.05, 3.63) is 28.2 Å². The first-order valence-electron chi connectivity index (χ1n) is 6.24. The summed E-state index contributed by atoms with van der Waals surface area (Å²) < 4.78 is 1.20. The van der Waals surface area contributed by atoms with E-state index in [-0.39, 0.29) is 0 Å². The molecule has 0 amide bonds. The van der Waals surface area contributed by atoms with E-state index in [1.54, 1.807) is 0 Å². The van der Waals surface area contributed by atoms with Crippen molar-refractivity contribution < 1.29 is 0 Å². The van der Waals surface area contributed by atoms with Crippen LogP contribution in [-0.2, 0) is 0 Å². The summed E-state index contributed by atoms with van der Waals surface area (Å²) in [5.74, 6) is 0.860. The van der Waals surface area contributed by atoms with Crippen molar-refractivity contribution in [2.45, 2.75) is 45.6 Å². The molecule has 0 radical (unpaired) electrons. The van der Waals surface area contributed by atoms with Gasteiger partial charge in [0.2, 0.25) is 0 Å². The summed E-state index contributed by atoms with van der Waals surface area (Å²) in [6, 6.07) is 7.07. The lowest BCUT2D eigenvalue weighted by atomic mass is 10.00. The van der Waals surface area contributed by atoms with Crippen LogP contribution in [0.4, 0.5) is 5.69 Å². The Kier molecular flexibility index (Phi) is 3.91. The fourth-order valence-corrected chi connectivity index (χ4v) is 3.05. The van der Waals surface area contributed by atoms with E-state index >= 15 is 0 Å². The summed E-state index contributed by atoms with van der Waals surface area (Å²) in [6.07, 6.45) is 5.39. The van der Waals surface area contributed by atoms with Gasteiger partial charge in [0.1, 0.15) is 0 Å². The first-order valence-corrected chi connectivity index (χ1v) is 7.03. The van der Waals surface area contributed by atoms with Crippen LogP contribution in [-0.4, -0.2) is 6.04 Å². The normalized spacial score (nSPS) is 24.7. The fraction of sp³-hybridized carbons (Fsp3) is 0.571. The van der Waals surface area contributed by atoms with Crippen molar-refractivity contribution in [1.82, 2.24) is 0 Å². The molecule has 2 atom stereocenters. The molecule has 16 heavy (non-hydrogen) atoms. The zero-order valence-electron chi connectivity index (χ0n) is 10.1. The molecule has 2 heteroatoms. The number of nitrogens with one attached hydrogen (secondary N) is 1. The van der Waals surface area contributed by atoms with Gasteiger partial charge in [-0.3, -0.25) is 0 Å². The van der Waals surface area contributed by atoms with Gasteiger partial charge in [0.25, 0.3) is 0 Å². The smallest absolute Gasteiger partial charge is 0.0383 e. The minimum atomic E-state index is 0.679. The van der Waals surface area contributed by atoms with Crippen molar-refractivity contribution in [3.8, 4) is 0 Å². The van der Waals surface area contributed by atoms with E-state index in [0.717, 1.165) is 5.92 Å². The molecule has 2 unspecified atom stereocenters. The first-order chi connectivity index (χ1) is 7.72. The monoisotopic (exact) mass is 281 g/mol. The summed E-state index contributed by atoms with van der Waals surface area (Å²) >= 11 is 3.59. The van der Waals surface area contributed by atoms with Crippen LogP contribution in [0.15, 0.2) is 22.7 Å². The summed E-state index contributed by atoms with van der Waals surface area (Å²) in [4.78, 5) is 0. The topological polar surface area (TPSA) is 12.0 Å². The van der Waals surface area contributed by atoms with Crippen molar-refractivity contribution in [2.24, 2.45) is 5.92 Å². The van der Waals surface area contributed by atoms with E-state index in [0.29, 0.717) is 6.04 Å². The highest BCUT2D eigenvalue weighted by atomic mass is 79.9. The zero-order valence-corrected chi connectivity index (χ0v) is 11.7. The standard InChI is InChI=1S/C14H20BrN/c1-3-11-6-4-9-14(11)16-13-8-5-7-12(15)10(13)2/h5,7-8,11,14,16H,3-4,6,9H2,1-2H3. The van der Waals surface area contributed by atoms with Gasteiger partial charge < -0.3 is 5.32 Å². The SMILES string of the molecule is CCC1CCCC1Nc1cccc(Br)c1C. The Morgan fingerprint density at radius 1 is 1.38 bits per heavy atom. The fourth-order valence-electron chi connectivity index (χ4n) is 2.68. The Bertz CT molecular complexity index is 362. The third kappa shape index (κ3) is 2.42. The minimum Gasteiger partial charge on any atom is -0.382 e. The molecule has 88 valence electrons. The van der Waals surface area contributed by atoms with Crippen molar-refractivity contribution >= 4 is 21.6 Å². The maximum atomic E-state index is 3.72. The molecule has 2 rings (SSSR count). The van der Waals surface area contributed by atoms with Gasteiger partial charge >= 0.3 is 0 Å². The molecule has 0 heterocycles. The van der Waals surface area contributed by atoms with Crippen LogP contribution in [0.5, 0.6) is 0 Å². The Balaban J connectivity index is 2.11. The molecule has 0 spiro atoms. The second kappa shape index (κ2) is 5.22. The molecule has 0 aromatic heterocycles. The lowest BCUT2D eigenvalue weighted by Crippen LogP contribution is -2.23. The second-order valence-electron chi connectivity index (χ2n) is 4.76. The van der Waals surface area contributed by atoms with E-state index < -0.39 is 0 Å². The number of hydrogen-bond donors (Lipinski definition) is 1. The predicted molar refractivity (Wildman–Crippen MR) is 73.9 cm³/mol. The van der Waals surface area contributed by atoms with Gasteiger partial charge in [0, 0.05) is 16.2 Å². The van der Waals surface area contributed by atoms with Gasteiger partial charge in [0.15, 0.2) is 0 Å². The molecule has 1 aromatic carbocycles. The molecule has 1 nitrogen and oxygen atoms in total. The lowest BCUT2D eigenvalue weighted by Gasteiger charge is -2.22. The molecule has 1 fully saturated rings. The molecule has 1 N–H and O–H groups in total. The quantitative estimate of drug-likeness (QED) is 0.843. The molecule has 0 bridgehead atoms. The Labute approximate surface area is 107 Å². The minimum absolute atomic E-state index is 0.679. The molecule has 0 aliphatic heterocycles. The van der Waals surface area contributed by atoms with Crippen LogP contribution >= 0.6 is 15.9 Å². The van der Waals surface area contributed by atoms with E-state index in [4.69, 9.17) is 0 Å². The average molecular weight is 282 g/mol. The molecule has 1 aliphatic rings. The molecule has 0 saturated heterocycles. The molecular weight excluding hydrogens is 262 g/mol. The third-order valence-electron chi connectivity index (χ3n) is 3.79. The van der Waals surface area contributed by atoms with Crippen molar-refractivity contribution in [2.75, 3.05) is 5.32 Å². The Hall–Kier alpha value is -0.500. The number of hydrogen-bond acceptors (Lipinski definition) is 1.